The van der Waals surface area contributed by atoms with E-state index in [1.807, 2.05) is 11.9 Å². The second kappa shape index (κ2) is 3.44. The van der Waals surface area contributed by atoms with Crippen LogP contribution in [-0.2, 0) is 0 Å². The quantitative estimate of drug-likeness (QED) is 0.378. The van der Waals surface area contributed by atoms with Gasteiger partial charge in [0.1, 0.15) is 0 Å². The summed E-state index contributed by atoms with van der Waals surface area (Å²) in [4.78, 5) is 2.02. The van der Waals surface area contributed by atoms with Crippen molar-refractivity contribution in [1.29, 1.82) is 0 Å². The molecule has 0 amide bonds. The van der Waals surface area contributed by atoms with E-state index < -0.39 is 0 Å². The van der Waals surface area contributed by atoms with Gasteiger partial charge in [-0.3, -0.25) is 4.90 Å². The molecule has 0 unspecified atom stereocenters. The van der Waals surface area contributed by atoms with Gasteiger partial charge in [0.15, 0.2) is 0 Å². The summed E-state index contributed by atoms with van der Waals surface area (Å²) in [6.07, 6.45) is 0. The predicted molar refractivity (Wildman–Crippen MR) is 29.0 cm³/mol. The first kappa shape index (κ1) is 6.25. The van der Waals surface area contributed by atoms with E-state index in [1.165, 1.54) is 0 Å². The maximum atomic E-state index is 5.38. The second-order valence-electron chi connectivity index (χ2n) is 1.29. The number of hydrogen-bond acceptors (Lipinski definition) is 1. The molecule has 6 heavy (non-hydrogen) atoms. The molecule has 0 aliphatic carbocycles. The van der Waals surface area contributed by atoms with Gasteiger partial charge >= 0.3 is 0 Å². The molecule has 0 aromatic carbocycles. The zero-order valence-corrected chi connectivity index (χ0v) is 5.00. The lowest BCUT2D eigenvalue weighted by molar-refractivity contribution is 0.413. The van der Waals surface area contributed by atoms with Crippen LogP contribution in [0.1, 0.15) is 6.92 Å². The van der Waals surface area contributed by atoms with Crippen molar-refractivity contribution >= 4 is 11.6 Å². The first-order chi connectivity index (χ1) is 2.81. The zero-order chi connectivity index (χ0) is 4.99. The van der Waals surface area contributed by atoms with Crippen LogP contribution in [0.2, 0.25) is 0 Å². The molecule has 0 aromatic heterocycles. The van der Waals surface area contributed by atoms with E-state index in [4.69, 9.17) is 11.6 Å². The molecule has 38 valence electrons. The number of alkyl halides is 1. The monoisotopic (exact) mass is 107 g/mol. The van der Waals surface area contributed by atoms with E-state index in [1.54, 1.807) is 0 Å². The van der Waals surface area contributed by atoms with Gasteiger partial charge in [-0.05, 0) is 13.6 Å². The Bertz CT molecular complexity index is 26.7. The van der Waals surface area contributed by atoms with Gasteiger partial charge in [0.05, 0.1) is 6.00 Å². The lowest BCUT2D eigenvalue weighted by atomic mass is 10.7. The Hall–Kier alpha value is 0.250. The molecule has 0 radical (unpaired) electrons. The molecule has 0 N–H and O–H groups in total. The van der Waals surface area contributed by atoms with Gasteiger partial charge in [0, 0.05) is 0 Å². The zero-order valence-electron chi connectivity index (χ0n) is 4.24. The Morgan fingerprint density at radius 2 is 2.17 bits per heavy atom. The molecular formula is C4H10ClN. The Labute approximate surface area is 43.9 Å². The van der Waals surface area contributed by atoms with Gasteiger partial charge in [-0.1, -0.05) is 6.92 Å². The van der Waals surface area contributed by atoms with Gasteiger partial charge in [0.25, 0.3) is 0 Å². The summed E-state index contributed by atoms with van der Waals surface area (Å²) in [6, 6.07) is 0.635. The van der Waals surface area contributed by atoms with Crippen molar-refractivity contribution in [2.75, 3.05) is 19.6 Å². The first-order valence-electron chi connectivity index (χ1n) is 2.05. The molecule has 0 saturated carbocycles. The fourth-order valence-electron chi connectivity index (χ4n) is 0.0845. The molecule has 0 fully saturated rings. The molecule has 0 spiro atoms. The predicted octanol–water partition coefficient (Wildman–Crippen LogP) is 1.13. The Morgan fingerprint density at radius 3 is 2.17 bits per heavy atom. The third-order valence-corrected chi connectivity index (χ3v) is 1.15. The lowest BCUT2D eigenvalue weighted by Gasteiger charge is -2.05. The summed E-state index contributed by atoms with van der Waals surface area (Å²) >= 11 is 5.38. The van der Waals surface area contributed by atoms with Gasteiger partial charge in [-0.25, -0.2) is 0 Å². The van der Waals surface area contributed by atoms with E-state index in [0.717, 1.165) is 6.54 Å². The summed E-state index contributed by atoms with van der Waals surface area (Å²) in [5, 5.41) is 0. The number of hydrogen-bond donors (Lipinski definition) is 0. The molecule has 2 heteroatoms. The van der Waals surface area contributed by atoms with E-state index >= 15 is 0 Å². The minimum absolute atomic E-state index is 0.635. The van der Waals surface area contributed by atoms with Gasteiger partial charge < -0.3 is 0 Å². The third-order valence-electron chi connectivity index (χ3n) is 0.744. The lowest BCUT2D eigenvalue weighted by Crippen LogP contribution is -2.14. The van der Waals surface area contributed by atoms with Crippen LogP contribution in [0.4, 0.5) is 0 Å². The number of halogens is 1. The van der Waals surface area contributed by atoms with Gasteiger partial charge in [-0.15, -0.1) is 11.6 Å². The van der Waals surface area contributed by atoms with Crippen molar-refractivity contribution < 1.29 is 0 Å². The fraction of sp³-hybridized carbons (Fsp3) is 1.00. The second-order valence-corrected chi connectivity index (χ2v) is 1.53. The van der Waals surface area contributed by atoms with Crippen molar-refractivity contribution in [1.82, 2.24) is 4.90 Å². The largest absolute Gasteiger partial charge is 0.293 e. The maximum Gasteiger partial charge on any atom is 0.0735 e. The van der Waals surface area contributed by atoms with E-state index in [-0.39, 0.29) is 0 Å². The highest BCUT2D eigenvalue weighted by molar-refractivity contribution is 6.17. The maximum absolute atomic E-state index is 5.38. The van der Waals surface area contributed by atoms with Crippen molar-refractivity contribution in [2.45, 2.75) is 6.92 Å². The van der Waals surface area contributed by atoms with Gasteiger partial charge in [-0.2, -0.15) is 0 Å². The highest BCUT2D eigenvalue weighted by Gasteiger charge is 1.83. The normalized spacial score (nSPS) is 10.0. The van der Waals surface area contributed by atoms with Crippen LogP contribution in [0.15, 0.2) is 0 Å². The SMILES string of the molecule is CCN(C)CCl. The van der Waals surface area contributed by atoms with Crippen molar-refractivity contribution in [3.8, 4) is 0 Å². The molecule has 0 heterocycles. The highest BCUT2D eigenvalue weighted by atomic mass is 35.5. The first-order valence-corrected chi connectivity index (χ1v) is 2.59. The Balaban J connectivity index is 2.75. The van der Waals surface area contributed by atoms with Crippen molar-refractivity contribution in [3.63, 3.8) is 0 Å². The molecule has 0 saturated heterocycles. The summed E-state index contributed by atoms with van der Waals surface area (Å²) in [5.41, 5.74) is 0. The molecular weight excluding hydrogens is 97.5 g/mol. The molecule has 0 atom stereocenters. The molecule has 0 aliphatic rings. The van der Waals surface area contributed by atoms with Crippen LogP contribution >= 0.6 is 11.6 Å². The smallest absolute Gasteiger partial charge is 0.0735 e. The minimum Gasteiger partial charge on any atom is -0.293 e. The summed E-state index contributed by atoms with van der Waals surface area (Å²) < 4.78 is 0. The summed E-state index contributed by atoms with van der Waals surface area (Å²) in [6.45, 7) is 3.10. The third kappa shape index (κ3) is 2.49. The molecule has 0 rings (SSSR count). The number of rotatable bonds is 2. The van der Waals surface area contributed by atoms with Crippen LogP contribution in [0.25, 0.3) is 0 Å². The highest BCUT2D eigenvalue weighted by Crippen LogP contribution is 1.80. The van der Waals surface area contributed by atoms with E-state index in [2.05, 4.69) is 6.92 Å². The molecule has 0 bridgehead atoms. The van der Waals surface area contributed by atoms with Gasteiger partial charge in [0.2, 0.25) is 0 Å². The van der Waals surface area contributed by atoms with Crippen LogP contribution in [-0.4, -0.2) is 24.5 Å². The molecule has 0 aromatic rings. The Kier molecular flexibility index (Phi) is 3.58. The van der Waals surface area contributed by atoms with E-state index in [0.29, 0.717) is 6.00 Å². The molecule has 1 nitrogen and oxygen atoms in total. The van der Waals surface area contributed by atoms with E-state index in [9.17, 15) is 0 Å². The number of nitrogens with zero attached hydrogens (tertiary/aromatic N) is 1. The standard InChI is InChI=1S/C4H10ClN/c1-3-6(2)4-5/h3-4H2,1-2H3. The average Bonchev–Trinajstić information content (AvgIpc) is 1.65. The van der Waals surface area contributed by atoms with Crippen LogP contribution < -0.4 is 0 Å². The fourth-order valence-corrected chi connectivity index (χ4v) is 0.254. The van der Waals surface area contributed by atoms with Crippen LogP contribution in [0, 0.1) is 0 Å². The molecule has 0 aliphatic heterocycles. The summed E-state index contributed by atoms with van der Waals surface area (Å²) in [5.74, 6) is 0. The Morgan fingerprint density at radius 1 is 1.67 bits per heavy atom. The topological polar surface area (TPSA) is 3.24 Å². The van der Waals surface area contributed by atoms with Crippen LogP contribution in [0.5, 0.6) is 0 Å². The van der Waals surface area contributed by atoms with Crippen molar-refractivity contribution in [3.05, 3.63) is 0 Å². The minimum atomic E-state index is 0.635. The average molecular weight is 108 g/mol. The van der Waals surface area contributed by atoms with Crippen molar-refractivity contribution in [2.24, 2.45) is 0 Å². The van der Waals surface area contributed by atoms with Crippen LogP contribution in [0.3, 0.4) is 0 Å². The summed E-state index contributed by atoms with van der Waals surface area (Å²) in [7, 11) is 1.98.